The van der Waals surface area contributed by atoms with Gasteiger partial charge in [-0.1, -0.05) is 18.2 Å². The van der Waals surface area contributed by atoms with Crippen molar-refractivity contribution in [3.05, 3.63) is 29.8 Å². The van der Waals surface area contributed by atoms with E-state index in [2.05, 4.69) is 34.9 Å². The van der Waals surface area contributed by atoms with Gasteiger partial charge in [0.05, 0.1) is 13.2 Å². The first-order valence-corrected chi connectivity index (χ1v) is 9.43. The molecule has 0 saturated carbocycles. The number of ether oxygens (including phenoxy) is 1. The van der Waals surface area contributed by atoms with Gasteiger partial charge in [0, 0.05) is 18.7 Å². The number of unbranched alkanes of at least 4 members (excludes halogenated alkanes) is 1. The Morgan fingerprint density at radius 2 is 2.00 bits per heavy atom. The first-order valence-electron chi connectivity index (χ1n) is 8.03. The highest BCUT2D eigenvalue weighted by Gasteiger charge is 2.02. The van der Waals surface area contributed by atoms with E-state index in [-0.39, 0.29) is 0 Å². The summed E-state index contributed by atoms with van der Waals surface area (Å²) in [6.07, 6.45) is 4.55. The van der Waals surface area contributed by atoms with Gasteiger partial charge in [-0.25, -0.2) is 4.99 Å². The Bertz CT molecular complexity index is 438. The molecule has 2 N–H and O–H groups in total. The molecule has 0 unspecified atom stereocenters. The van der Waals surface area contributed by atoms with E-state index in [4.69, 9.17) is 4.74 Å². The molecule has 0 aliphatic rings. The molecular formula is C17H29N3OS. The van der Waals surface area contributed by atoms with Crippen molar-refractivity contribution in [3.8, 4) is 5.75 Å². The maximum absolute atomic E-state index is 5.64. The number of guanidine groups is 1. The maximum atomic E-state index is 5.64. The van der Waals surface area contributed by atoms with Gasteiger partial charge in [-0.15, -0.1) is 0 Å². The average Bonchev–Trinajstić information content (AvgIpc) is 2.54. The van der Waals surface area contributed by atoms with Crippen LogP contribution in [0.4, 0.5) is 0 Å². The van der Waals surface area contributed by atoms with Crippen molar-refractivity contribution >= 4 is 17.7 Å². The highest BCUT2D eigenvalue weighted by atomic mass is 32.2. The second-order valence-electron chi connectivity index (χ2n) is 4.86. The van der Waals surface area contributed by atoms with Gasteiger partial charge in [0.2, 0.25) is 0 Å². The van der Waals surface area contributed by atoms with Crippen molar-refractivity contribution in [2.45, 2.75) is 33.2 Å². The van der Waals surface area contributed by atoms with Crippen LogP contribution in [0.1, 0.15) is 32.3 Å². The Kier molecular flexibility index (Phi) is 10.4. The fourth-order valence-corrected chi connectivity index (χ4v) is 2.51. The summed E-state index contributed by atoms with van der Waals surface area (Å²) >= 11 is 1.90. The van der Waals surface area contributed by atoms with Gasteiger partial charge < -0.3 is 15.4 Å². The van der Waals surface area contributed by atoms with Gasteiger partial charge >= 0.3 is 0 Å². The lowest BCUT2D eigenvalue weighted by Crippen LogP contribution is -2.37. The molecule has 22 heavy (non-hydrogen) atoms. The molecule has 4 nitrogen and oxygen atoms in total. The van der Waals surface area contributed by atoms with Crippen molar-refractivity contribution in [1.82, 2.24) is 10.6 Å². The van der Waals surface area contributed by atoms with Crippen LogP contribution in [0.25, 0.3) is 0 Å². The standard InChI is InChI=1S/C17H29N3OS/c1-4-18-17(19-12-8-9-13-22-3)20-14-15-10-6-7-11-16(15)21-5-2/h6-7,10-11H,4-5,8-9,12-14H2,1-3H3,(H2,18,19,20). The molecule has 0 aliphatic carbocycles. The lowest BCUT2D eigenvalue weighted by Gasteiger charge is -2.12. The van der Waals surface area contributed by atoms with Crippen LogP contribution >= 0.6 is 11.8 Å². The second kappa shape index (κ2) is 12.2. The Balaban J connectivity index is 2.54. The molecular weight excluding hydrogens is 294 g/mol. The monoisotopic (exact) mass is 323 g/mol. The lowest BCUT2D eigenvalue weighted by molar-refractivity contribution is 0.336. The van der Waals surface area contributed by atoms with Crippen molar-refractivity contribution in [1.29, 1.82) is 0 Å². The van der Waals surface area contributed by atoms with E-state index in [1.165, 1.54) is 18.6 Å². The highest BCUT2D eigenvalue weighted by molar-refractivity contribution is 7.98. The third-order valence-corrected chi connectivity index (χ3v) is 3.79. The molecule has 0 atom stereocenters. The molecule has 124 valence electrons. The van der Waals surface area contributed by atoms with E-state index in [0.29, 0.717) is 13.2 Å². The van der Waals surface area contributed by atoms with E-state index in [9.17, 15) is 0 Å². The molecule has 0 amide bonds. The second-order valence-corrected chi connectivity index (χ2v) is 5.85. The van der Waals surface area contributed by atoms with Gasteiger partial charge in [0.25, 0.3) is 0 Å². The molecule has 1 aromatic carbocycles. The molecule has 0 saturated heterocycles. The number of aliphatic imine (C=N–C) groups is 1. The Labute approximate surface area is 139 Å². The van der Waals surface area contributed by atoms with Crippen molar-refractivity contribution in [2.24, 2.45) is 4.99 Å². The number of rotatable bonds is 10. The predicted octanol–water partition coefficient (Wildman–Crippen LogP) is 3.28. The number of nitrogens with one attached hydrogen (secondary N) is 2. The predicted molar refractivity (Wildman–Crippen MR) is 98.0 cm³/mol. The smallest absolute Gasteiger partial charge is 0.191 e. The van der Waals surface area contributed by atoms with Crippen LogP contribution < -0.4 is 15.4 Å². The molecule has 0 heterocycles. The summed E-state index contributed by atoms with van der Waals surface area (Å²) in [4.78, 5) is 4.65. The van der Waals surface area contributed by atoms with Crippen molar-refractivity contribution in [2.75, 3.05) is 31.7 Å². The summed E-state index contributed by atoms with van der Waals surface area (Å²) in [7, 11) is 0. The summed E-state index contributed by atoms with van der Waals surface area (Å²) in [5.74, 6) is 3.01. The Morgan fingerprint density at radius 3 is 2.73 bits per heavy atom. The van der Waals surface area contributed by atoms with Crippen molar-refractivity contribution < 1.29 is 4.74 Å². The minimum Gasteiger partial charge on any atom is -0.494 e. The maximum Gasteiger partial charge on any atom is 0.191 e. The molecule has 0 aliphatic heterocycles. The summed E-state index contributed by atoms with van der Waals surface area (Å²) in [6.45, 7) is 7.20. The number of para-hydroxylation sites is 1. The van der Waals surface area contributed by atoms with E-state index < -0.39 is 0 Å². The third-order valence-electron chi connectivity index (χ3n) is 3.09. The quantitative estimate of drug-likeness (QED) is 0.394. The SMILES string of the molecule is CCNC(=NCc1ccccc1OCC)NCCCCSC. The fraction of sp³-hybridized carbons (Fsp3) is 0.588. The molecule has 5 heteroatoms. The molecule has 1 rings (SSSR count). The van der Waals surface area contributed by atoms with Gasteiger partial charge in [-0.05, 0) is 44.8 Å². The molecule has 0 fully saturated rings. The van der Waals surface area contributed by atoms with E-state index >= 15 is 0 Å². The van der Waals surface area contributed by atoms with E-state index in [0.717, 1.165) is 30.4 Å². The summed E-state index contributed by atoms with van der Waals surface area (Å²) in [6, 6.07) is 8.08. The zero-order valence-corrected chi connectivity index (χ0v) is 14.8. The van der Waals surface area contributed by atoms with Crippen molar-refractivity contribution in [3.63, 3.8) is 0 Å². The van der Waals surface area contributed by atoms with Gasteiger partial charge in [0.1, 0.15) is 5.75 Å². The molecule has 1 aromatic rings. The molecule has 0 aromatic heterocycles. The Morgan fingerprint density at radius 1 is 1.18 bits per heavy atom. The first kappa shape index (κ1) is 18.7. The molecule has 0 bridgehead atoms. The van der Waals surface area contributed by atoms with Gasteiger partial charge in [-0.2, -0.15) is 11.8 Å². The molecule has 0 radical (unpaired) electrons. The minimum atomic E-state index is 0.621. The Hall–Kier alpha value is -1.36. The van der Waals surface area contributed by atoms with Crippen LogP contribution in [0, 0.1) is 0 Å². The highest BCUT2D eigenvalue weighted by Crippen LogP contribution is 2.18. The zero-order valence-electron chi connectivity index (χ0n) is 14.0. The molecule has 0 spiro atoms. The normalized spacial score (nSPS) is 11.3. The van der Waals surface area contributed by atoms with Crippen LogP contribution in [0.5, 0.6) is 5.75 Å². The fourth-order valence-electron chi connectivity index (χ4n) is 2.01. The number of nitrogens with zero attached hydrogens (tertiary/aromatic N) is 1. The third kappa shape index (κ3) is 7.59. The minimum absolute atomic E-state index is 0.621. The topological polar surface area (TPSA) is 45.7 Å². The number of benzene rings is 1. The van der Waals surface area contributed by atoms with Crippen LogP contribution in [0.15, 0.2) is 29.3 Å². The van der Waals surface area contributed by atoms with Gasteiger partial charge in [0.15, 0.2) is 5.96 Å². The van der Waals surface area contributed by atoms with Crippen LogP contribution in [-0.2, 0) is 6.54 Å². The summed E-state index contributed by atoms with van der Waals surface area (Å²) < 4.78 is 5.64. The first-order chi connectivity index (χ1) is 10.8. The summed E-state index contributed by atoms with van der Waals surface area (Å²) in [5.41, 5.74) is 1.11. The summed E-state index contributed by atoms with van der Waals surface area (Å²) in [5, 5.41) is 6.68. The number of hydrogen-bond donors (Lipinski definition) is 2. The number of thioether (sulfide) groups is 1. The zero-order chi connectivity index (χ0) is 16.0. The van der Waals surface area contributed by atoms with Crippen LogP contribution in [0.3, 0.4) is 0 Å². The van der Waals surface area contributed by atoms with E-state index in [1.807, 2.05) is 36.9 Å². The van der Waals surface area contributed by atoms with Gasteiger partial charge in [-0.3, -0.25) is 0 Å². The largest absolute Gasteiger partial charge is 0.494 e. The van der Waals surface area contributed by atoms with Crippen LogP contribution in [0.2, 0.25) is 0 Å². The average molecular weight is 324 g/mol. The van der Waals surface area contributed by atoms with E-state index in [1.54, 1.807) is 0 Å². The number of hydrogen-bond acceptors (Lipinski definition) is 3. The van der Waals surface area contributed by atoms with Crippen LogP contribution in [-0.4, -0.2) is 37.7 Å². The lowest BCUT2D eigenvalue weighted by atomic mass is 10.2.